The number of nitrogens with zero attached hydrogens (tertiary/aromatic N) is 5. The lowest BCUT2D eigenvalue weighted by Gasteiger charge is -2.15. The van der Waals surface area contributed by atoms with E-state index in [2.05, 4.69) is 37.9 Å². The van der Waals surface area contributed by atoms with Gasteiger partial charge in [0.15, 0.2) is 0 Å². The molecule has 8 heteroatoms. The molecule has 1 unspecified atom stereocenters. The van der Waals surface area contributed by atoms with E-state index in [1.165, 1.54) is 24.3 Å². The van der Waals surface area contributed by atoms with E-state index < -0.39 is 0 Å². The van der Waals surface area contributed by atoms with Crippen molar-refractivity contribution in [2.75, 3.05) is 0 Å². The van der Waals surface area contributed by atoms with Crippen molar-refractivity contribution in [3.8, 4) is 0 Å². The molecule has 0 saturated carbocycles. The van der Waals surface area contributed by atoms with Crippen LogP contribution < -0.4 is 0 Å². The minimum atomic E-state index is 0.366. The molecule has 0 aliphatic rings. The highest BCUT2D eigenvalue weighted by Crippen LogP contribution is 2.24. The van der Waals surface area contributed by atoms with Gasteiger partial charge in [0.2, 0.25) is 0 Å². The van der Waals surface area contributed by atoms with Crippen LogP contribution in [0.1, 0.15) is 36.9 Å². The predicted octanol–water partition coefficient (Wildman–Crippen LogP) is 5.43. The van der Waals surface area contributed by atoms with Crippen molar-refractivity contribution >= 4 is 34.8 Å². The van der Waals surface area contributed by atoms with Gasteiger partial charge < -0.3 is 0 Å². The Balaban J connectivity index is 0.000000254. The Hall–Kier alpha value is -1.82. The molecule has 0 aliphatic heterocycles. The Kier molecular flexibility index (Phi) is 8.68. The molecule has 5 nitrogen and oxygen atoms in total. The molecule has 0 saturated heterocycles. The highest BCUT2D eigenvalue weighted by molar-refractivity contribution is 6.33. The fourth-order valence-corrected chi connectivity index (χ4v) is 2.92. The zero-order chi connectivity index (χ0) is 18.8. The molecule has 3 heterocycles. The van der Waals surface area contributed by atoms with E-state index in [0.717, 1.165) is 25.0 Å². The molecule has 0 aromatic carbocycles. The van der Waals surface area contributed by atoms with Crippen molar-refractivity contribution in [2.24, 2.45) is 0 Å². The SMILES string of the molecule is CCCC(Cc1cc(Cl)ncn1)c1cccnc1.Clc1cc(Cl)ncn1. The number of rotatable bonds is 5. The van der Waals surface area contributed by atoms with E-state index in [9.17, 15) is 0 Å². The zero-order valence-electron chi connectivity index (χ0n) is 14.2. The summed E-state index contributed by atoms with van der Waals surface area (Å²) in [5.41, 5.74) is 2.24. The first-order valence-electron chi connectivity index (χ1n) is 8.08. The second-order valence-corrected chi connectivity index (χ2v) is 6.63. The molecule has 0 bridgehead atoms. The van der Waals surface area contributed by atoms with Crippen LogP contribution in [0.15, 0.2) is 49.3 Å². The molecule has 0 aliphatic carbocycles. The average molecular weight is 411 g/mol. The second kappa shape index (κ2) is 11.0. The number of halogens is 3. The lowest BCUT2D eigenvalue weighted by molar-refractivity contribution is 0.600. The summed E-state index contributed by atoms with van der Waals surface area (Å²) in [5, 5.41) is 1.23. The Morgan fingerprint density at radius 1 is 0.923 bits per heavy atom. The van der Waals surface area contributed by atoms with Gasteiger partial charge in [-0.05, 0) is 36.5 Å². The van der Waals surface area contributed by atoms with Crippen LogP contribution in [0.25, 0.3) is 0 Å². The maximum Gasteiger partial charge on any atom is 0.133 e. The van der Waals surface area contributed by atoms with Crippen molar-refractivity contribution in [3.05, 3.63) is 76.0 Å². The average Bonchev–Trinajstić information content (AvgIpc) is 2.62. The highest BCUT2D eigenvalue weighted by atomic mass is 35.5. The van der Waals surface area contributed by atoms with Gasteiger partial charge in [-0.3, -0.25) is 4.98 Å². The molecule has 0 radical (unpaired) electrons. The van der Waals surface area contributed by atoms with Crippen molar-refractivity contribution in [2.45, 2.75) is 32.1 Å². The third-order valence-electron chi connectivity index (χ3n) is 3.54. The zero-order valence-corrected chi connectivity index (χ0v) is 16.5. The summed E-state index contributed by atoms with van der Waals surface area (Å²) in [6.07, 6.45) is 9.69. The largest absolute Gasteiger partial charge is 0.264 e. The van der Waals surface area contributed by atoms with Crippen LogP contribution in [0.5, 0.6) is 0 Å². The van der Waals surface area contributed by atoms with E-state index in [1.807, 2.05) is 18.3 Å². The van der Waals surface area contributed by atoms with Gasteiger partial charge in [-0.25, -0.2) is 19.9 Å². The first kappa shape index (κ1) is 20.5. The van der Waals surface area contributed by atoms with Gasteiger partial charge in [-0.2, -0.15) is 0 Å². The van der Waals surface area contributed by atoms with Gasteiger partial charge in [0.05, 0.1) is 0 Å². The number of hydrogen-bond acceptors (Lipinski definition) is 5. The summed E-state index contributed by atoms with van der Waals surface area (Å²) in [6.45, 7) is 2.19. The van der Waals surface area contributed by atoms with Crippen molar-refractivity contribution in [3.63, 3.8) is 0 Å². The Labute approximate surface area is 167 Å². The van der Waals surface area contributed by atoms with E-state index >= 15 is 0 Å². The standard InChI is InChI=1S/C14H16ClN3.C4H2Cl2N2/c1-2-4-11(12-5-3-6-16-9-12)7-13-8-14(15)18-10-17-13;5-3-1-4(6)8-2-7-3/h3,5-6,8-11H,2,4,7H2,1H3;1-2H. The van der Waals surface area contributed by atoms with Crippen molar-refractivity contribution < 1.29 is 0 Å². The van der Waals surface area contributed by atoms with Crippen LogP contribution in [-0.4, -0.2) is 24.9 Å². The molecular weight excluding hydrogens is 393 g/mol. The van der Waals surface area contributed by atoms with E-state index in [-0.39, 0.29) is 0 Å². The first-order chi connectivity index (χ1) is 12.6. The quantitative estimate of drug-likeness (QED) is 0.524. The Morgan fingerprint density at radius 3 is 2.08 bits per heavy atom. The van der Waals surface area contributed by atoms with Crippen LogP contribution >= 0.6 is 34.8 Å². The predicted molar refractivity (Wildman–Crippen MR) is 105 cm³/mol. The second-order valence-electron chi connectivity index (χ2n) is 5.47. The van der Waals surface area contributed by atoms with Crippen LogP contribution in [-0.2, 0) is 6.42 Å². The smallest absolute Gasteiger partial charge is 0.133 e. The number of aromatic nitrogens is 5. The van der Waals surface area contributed by atoms with Gasteiger partial charge >= 0.3 is 0 Å². The summed E-state index contributed by atoms with van der Waals surface area (Å²) < 4.78 is 0. The van der Waals surface area contributed by atoms with Gasteiger partial charge in [-0.15, -0.1) is 0 Å². The van der Waals surface area contributed by atoms with Gasteiger partial charge in [0.25, 0.3) is 0 Å². The summed E-state index contributed by atoms with van der Waals surface area (Å²) >= 11 is 16.7. The fourth-order valence-electron chi connectivity index (χ4n) is 2.40. The molecule has 3 rings (SSSR count). The topological polar surface area (TPSA) is 64.5 Å². The molecule has 26 heavy (non-hydrogen) atoms. The monoisotopic (exact) mass is 409 g/mol. The molecule has 136 valence electrons. The third-order valence-corrected chi connectivity index (χ3v) is 4.16. The van der Waals surface area contributed by atoms with Crippen LogP contribution in [0.4, 0.5) is 0 Å². The fraction of sp³-hybridized carbons (Fsp3) is 0.278. The van der Waals surface area contributed by atoms with Crippen molar-refractivity contribution in [1.82, 2.24) is 24.9 Å². The maximum absolute atomic E-state index is 5.89. The lowest BCUT2D eigenvalue weighted by Crippen LogP contribution is -2.05. The van der Waals surface area contributed by atoms with E-state index in [0.29, 0.717) is 21.4 Å². The number of pyridine rings is 1. The summed E-state index contributed by atoms with van der Waals surface area (Å²) in [7, 11) is 0. The molecule has 0 fully saturated rings. The molecule has 3 aromatic heterocycles. The van der Waals surface area contributed by atoms with E-state index in [1.54, 1.807) is 6.20 Å². The molecule has 0 amide bonds. The van der Waals surface area contributed by atoms with Crippen LogP contribution in [0.2, 0.25) is 15.5 Å². The van der Waals surface area contributed by atoms with Crippen molar-refractivity contribution in [1.29, 1.82) is 0 Å². The molecule has 3 aromatic rings. The molecule has 0 spiro atoms. The van der Waals surface area contributed by atoms with Crippen LogP contribution in [0.3, 0.4) is 0 Å². The first-order valence-corrected chi connectivity index (χ1v) is 9.21. The molecular formula is C18H18Cl3N5. The minimum absolute atomic E-state index is 0.366. The summed E-state index contributed by atoms with van der Waals surface area (Å²) in [6, 6.07) is 7.41. The normalized spacial score (nSPS) is 11.4. The number of hydrogen-bond donors (Lipinski definition) is 0. The highest BCUT2D eigenvalue weighted by Gasteiger charge is 2.12. The molecule has 0 N–H and O–H groups in total. The van der Waals surface area contributed by atoms with Gasteiger partial charge in [0.1, 0.15) is 28.1 Å². The summed E-state index contributed by atoms with van der Waals surface area (Å²) in [5.74, 6) is 0.440. The van der Waals surface area contributed by atoms with Gasteiger partial charge in [-0.1, -0.05) is 54.2 Å². The minimum Gasteiger partial charge on any atom is -0.264 e. The maximum atomic E-state index is 5.89. The Morgan fingerprint density at radius 2 is 1.58 bits per heavy atom. The van der Waals surface area contributed by atoms with Crippen LogP contribution in [0, 0.1) is 0 Å². The lowest BCUT2D eigenvalue weighted by atomic mass is 9.91. The van der Waals surface area contributed by atoms with Gasteiger partial charge in [0, 0.05) is 24.2 Å². The van der Waals surface area contributed by atoms with E-state index in [4.69, 9.17) is 34.8 Å². The summed E-state index contributed by atoms with van der Waals surface area (Å²) in [4.78, 5) is 19.6. The third kappa shape index (κ3) is 7.20. The Bertz CT molecular complexity index is 784. The molecule has 1 atom stereocenters.